The van der Waals surface area contributed by atoms with Gasteiger partial charge >= 0.3 is 11.8 Å². The highest BCUT2D eigenvalue weighted by molar-refractivity contribution is 6.63. The average Bonchev–Trinajstić information content (AvgIpc) is 1.83. The van der Waals surface area contributed by atoms with Crippen LogP contribution >= 0.6 is 23.2 Å². The van der Waals surface area contributed by atoms with Gasteiger partial charge in [0, 0.05) is 0 Å². The van der Waals surface area contributed by atoms with Crippen molar-refractivity contribution < 1.29 is 22.4 Å². The molecule has 0 aliphatic carbocycles. The molecule has 0 N–H and O–H groups in total. The molecule has 0 fully saturated rings. The minimum absolute atomic E-state index is 0.716. The van der Waals surface area contributed by atoms with Crippen molar-refractivity contribution in [1.82, 2.24) is 0 Å². The van der Waals surface area contributed by atoms with Crippen LogP contribution in [0.5, 0.6) is 0 Å². The van der Waals surface area contributed by atoms with Crippen LogP contribution in [0, 0.1) is 0 Å². The van der Waals surface area contributed by atoms with Crippen LogP contribution in [0.25, 0.3) is 0 Å². The molecular formula is C6H6Cl2F4O. The minimum Gasteiger partial charge on any atom is -0.281 e. The average molecular weight is 241 g/mol. The maximum Gasteiger partial charge on any atom is 0.326 e. The molecule has 0 amide bonds. The molecule has 0 bridgehead atoms. The molecule has 13 heavy (non-hydrogen) atoms. The van der Waals surface area contributed by atoms with Crippen molar-refractivity contribution >= 4 is 28.4 Å². The molecule has 0 aliphatic heterocycles. The molecule has 7 heteroatoms. The van der Waals surface area contributed by atoms with Gasteiger partial charge in [-0.25, -0.2) is 0 Å². The highest BCUT2D eigenvalue weighted by atomic mass is 35.5. The molecule has 78 valence electrons. The van der Waals surface area contributed by atoms with E-state index < -0.39 is 28.9 Å². The predicted molar refractivity (Wildman–Crippen MR) is 40.7 cm³/mol. The fourth-order valence-corrected chi connectivity index (χ4v) is 0.911. The number of carbonyl (C=O) groups excluding carboxylic acids is 1. The van der Waals surface area contributed by atoms with E-state index >= 15 is 0 Å². The lowest BCUT2D eigenvalue weighted by Crippen LogP contribution is -2.47. The summed E-state index contributed by atoms with van der Waals surface area (Å²) in [6.07, 6.45) is -1.72. The molecule has 0 radical (unpaired) electrons. The maximum atomic E-state index is 12.6. The Morgan fingerprint density at radius 3 is 2.00 bits per heavy atom. The zero-order valence-electron chi connectivity index (χ0n) is 6.46. The summed E-state index contributed by atoms with van der Waals surface area (Å²) in [4.78, 5) is 10.0. The molecule has 0 aromatic carbocycles. The Morgan fingerprint density at radius 1 is 1.38 bits per heavy atom. The van der Waals surface area contributed by atoms with Gasteiger partial charge in [-0.3, -0.25) is 4.79 Å². The van der Waals surface area contributed by atoms with E-state index in [9.17, 15) is 22.4 Å². The number of alkyl halides is 5. The summed E-state index contributed by atoms with van der Waals surface area (Å²) in [5, 5.41) is -3.60. The van der Waals surface area contributed by atoms with Crippen molar-refractivity contribution in [2.45, 2.75) is 30.6 Å². The summed E-state index contributed by atoms with van der Waals surface area (Å²) in [6.45, 7) is 0.716. The second-order valence-electron chi connectivity index (χ2n) is 2.48. The normalized spacial score (nSPS) is 15.6. The van der Waals surface area contributed by atoms with E-state index in [0.29, 0.717) is 6.92 Å². The molecule has 0 heterocycles. The van der Waals surface area contributed by atoms with Gasteiger partial charge in [-0.2, -0.15) is 17.6 Å². The molecule has 0 spiro atoms. The van der Waals surface area contributed by atoms with Crippen LogP contribution in [0.1, 0.15) is 13.3 Å². The fraction of sp³-hybridized carbons (Fsp3) is 0.833. The largest absolute Gasteiger partial charge is 0.326 e. The first kappa shape index (κ1) is 13.0. The summed E-state index contributed by atoms with van der Waals surface area (Å²) in [6, 6.07) is 0. The van der Waals surface area contributed by atoms with Crippen LogP contribution in [0.4, 0.5) is 17.6 Å². The van der Waals surface area contributed by atoms with Gasteiger partial charge in [0.15, 0.2) is 0 Å². The van der Waals surface area contributed by atoms with Gasteiger partial charge < -0.3 is 0 Å². The van der Waals surface area contributed by atoms with Crippen LogP contribution in [-0.2, 0) is 4.79 Å². The molecule has 0 saturated heterocycles. The first-order valence-corrected chi connectivity index (χ1v) is 4.00. The molecule has 0 aromatic rings. The number of hydrogen-bond acceptors (Lipinski definition) is 1. The van der Waals surface area contributed by atoms with E-state index in [1.165, 1.54) is 0 Å². The Hall–Kier alpha value is -0.0300. The quantitative estimate of drug-likeness (QED) is 0.420. The smallest absolute Gasteiger partial charge is 0.281 e. The van der Waals surface area contributed by atoms with E-state index in [-0.39, 0.29) is 0 Å². The van der Waals surface area contributed by atoms with Crippen LogP contribution in [0.15, 0.2) is 0 Å². The van der Waals surface area contributed by atoms with Crippen LogP contribution in [-0.4, -0.2) is 22.5 Å². The van der Waals surface area contributed by atoms with E-state index in [1.54, 1.807) is 0 Å². The zero-order valence-corrected chi connectivity index (χ0v) is 7.97. The van der Waals surface area contributed by atoms with Gasteiger partial charge in [0.1, 0.15) is 5.38 Å². The summed E-state index contributed by atoms with van der Waals surface area (Å²) >= 11 is 9.43. The number of halogens is 6. The molecule has 1 nitrogen and oxygen atoms in total. The van der Waals surface area contributed by atoms with Crippen LogP contribution in [0.3, 0.4) is 0 Å². The second-order valence-corrected chi connectivity index (χ2v) is 3.55. The summed E-state index contributed by atoms with van der Waals surface area (Å²) in [5.41, 5.74) is 0. The van der Waals surface area contributed by atoms with Crippen molar-refractivity contribution in [1.29, 1.82) is 0 Å². The van der Waals surface area contributed by atoms with Gasteiger partial charge in [0.25, 0.3) is 0 Å². The first-order chi connectivity index (χ1) is 5.61. The maximum absolute atomic E-state index is 12.6. The lowest BCUT2D eigenvalue weighted by Gasteiger charge is -2.27. The third-order valence-electron chi connectivity index (χ3n) is 1.35. The van der Waals surface area contributed by atoms with Gasteiger partial charge in [-0.1, -0.05) is 0 Å². The Balaban J connectivity index is 4.70. The monoisotopic (exact) mass is 240 g/mol. The van der Waals surface area contributed by atoms with E-state index in [2.05, 4.69) is 11.6 Å². The van der Waals surface area contributed by atoms with Crippen LogP contribution in [0.2, 0.25) is 0 Å². The third-order valence-corrected chi connectivity index (χ3v) is 1.76. The SMILES string of the molecule is CC(Cl)C(F)(F)C(F)(F)CC(=O)Cl. The summed E-state index contributed by atoms with van der Waals surface area (Å²) < 4.78 is 50.3. The highest BCUT2D eigenvalue weighted by Gasteiger charge is 2.59. The zero-order chi connectivity index (χ0) is 10.9. The summed E-state index contributed by atoms with van der Waals surface area (Å²) in [5.74, 6) is -8.95. The van der Waals surface area contributed by atoms with Crippen molar-refractivity contribution in [3.05, 3.63) is 0 Å². The topological polar surface area (TPSA) is 17.1 Å². The fourth-order valence-electron chi connectivity index (χ4n) is 0.583. The predicted octanol–water partition coefficient (Wildman–Crippen LogP) is 3.04. The molecule has 0 saturated carbocycles. The van der Waals surface area contributed by atoms with Crippen molar-refractivity contribution in [3.63, 3.8) is 0 Å². The van der Waals surface area contributed by atoms with Crippen LogP contribution < -0.4 is 0 Å². The number of hydrogen-bond donors (Lipinski definition) is 0. The lowest BCUT2D eigenvalue weighted by molar-refractivity contribution is -0.208. The standard InChI is InChI=1S/C6H6Cl2F4O/c1-3(7)6(11,12)5(9,10)2-4(8)13/h3H,2H2,1H3. The highest BCUT2D eigenvalue weighted by Crippen LogP contribution is 2.41. The van der Waals surface area contributed by atoms with E-state index in [0.717, 1.165) is 0 Å². The van der Waals surface area contributed by atoms with Crippen molar-refractivity contribution in [2.75, 3.05) is 0 Å². The van der Waals surface area contributed by atoms with Gasteiger partial charge in [0.2, 0.25) is 5.24 Å². The van der Waals surface area contributed by atoms with Crippen molar-refractivity contribution in [3.8, 4) is 0 Å². The minimum atomic E-state index is -4.51. The van der Waals surface area contributed by atoms with Gasteiger partial charge in [0.05, 0.1) is 6.42 Å². The second kappa shape index (κ2) is 4.00. The summed E-state index contributed by atoms with van der Waals surface area (Å²) in [7, 11) is 0. The lowest BCUT2D eigenvalue weighted by atomic mass is 10.1. The number of rotatable bonds is 4. The van der Waals surface area contributed by atoms with Crippen molar-refractivity contribution in [2.24, 2.45) is 0 Å². The molecule has 1 atom stereocenters. The Labute approximate surface area is 82.0 Å². The molecule has 0 rings (SSSR count). The molecule has 0 aliphatic rings. The van der Waals surface area contributed by atoms with Gasteiger partial charge in [-0.05, 0) is 18.5 Å². The molecule has 0 aromatic heterocycles. The Kier molecular flexibility index (Phi) is 3.99. The Morgan fingerprint density at radius 2 is 1.77 bits per heavy atom. The number of carbonyl (C=O) groups is 1. The molecular weight excluding hydrogens is 235 g/mol. The first-order valence-electron chi connectivity index (χ1n) is 3.19. The van der Waals surface area contributed by atoms with E-state index in [1.807, 2.05) is 0 Å². The van der Waals surface area contributed by atoms with Gasteiger partial charge in [-0.15, -0.1) is 11.6 Å². The Bertz CT molecular complexity index is 205. The molecule has 1 unspecified atom stereocenters. The third kappa shape index (κ3) is 2.98. The van der Waals surface area contributed by atoms with E-state index in [4.69, 9.17) is 11.6 Å².